The highest BCUT2D eigenvalue weighted by Gasteiger charge is 2.68. The summed E-state index contributed by atoms with van der Waals surface area (Å²) in [6, 6.07) is -1.38. The molecule has 0 radical (unpaired) electrons. The van der Waals surface area contributed by atoms with Crippen molar-refractivity contribution in [3.63, 3.8) is 0 Å². The highest BCUT2D eigenvalue weighted by Crippen LogP contribution is 2.66. The number of carbonyl (C=O) groups is 4. The van der Waals surface area contributed by atoms with Crippen LogP contribution in [0.15, 0.2) is 0 Å². The van der Waals surface area contributed by atoms with Crippen molar-refractivity contribution in [3.05, 3.63) is 0 Å². The molecule has 264 valence electrons. The van der Waals surface area contributed by atoms with Crippen molar-refractivity contribution < 1.29 is 42.7 Å². The van der Waals surface area contributed by atoms with Gasteiger partial charge >= 0.3 is 25.3 Å². The van der Waals surface area contributed by atoms with Crippen molar-refractivity contribution in [2.24, 2.45) is 23.2 Å². The number of hydrogen-bond donors (Lipinski definition) is 1. The minimum atomic E-state index is -1.30. The molecular weight excluding hydrogens is 605 g/mol. The van der Waals surface area contributed by atoms with E-state index >= 15 is 0 Å². The second-order valence-corrected chi connectivity index (χ2v) is 17.2. The van der Waals surface area contributed by atoms with Gasteiger partial charge in [-0.25, -0.2) is 14.4 Å². The number of alkyl carbamates (subject to hydrolysis) is 1. The summed E-state index contributed by atoms with van der Waals surface area (Å²) in [5, 5.41) is 2.65. The van der Waals surface area contributed by atoms with Gasteiger partial charge in [-0.1, -0.05) is 20.3 Å². The Kier molecular flexibility index (Phi) is 9.21. The van der Waals surface area contributed by atoms with Crippen LogP contribution < -0.4 is 5.32 Å². The van der Waals surface area contributed by atoms with Crippen LogP contribution in [-0.4, -0.2) is 102 Å². The number of rotatable bonds is 7. The lowest BCUT2D eigenvalue weighted by Gasteiger charge is -2.64. The van der Waals surface area contributed by atoms with Crippen molar-refractivity contribution in [1.82, 2.24) is 15.1 Å². The molecule has 0 aromatic rings. The molecule has 0 spiro atoms. The van der Waals surface area contributed by atoms with Crippen LogP contribution >= 0.6 is 0 Å². The second-order valence-electron chi connectivity index (χ2n) is 17.2. The Balaban J connectivity index is 1.35. The van der Waals surface area contributed by atoms with Crippen molar-refractivity contribution in [3.8, 4) is 0 Å². The second kappa shape index (κ2) is 12.1. The van der Waals surface area contributed by atoms with Crippen LogP contribution in [0.1, 0.15) is 101 Å². The molecule has 13 heteroatoms. The van der Waals surface area contributed by atoms with Gasteiger partial charge in [-0.15, -0.1) is 0 Å². The maximum atomic E-state index is 13.9. The minimum absolute atomic E-state index is 0.0753. The van der Waals surface area contributed by atoms with Gasteiger partial charge in [-0.2, -0.15) is 0 Å². The maximum absolute atomic E-state index is 13.9. The van der Waals surface area contributed by atoms with Gasteiger partial charge < -0.3 is 33.7 Å². The number of fused-ring (bicyclic) bond motifs is 2. The fourth-order valence-corrected chi connectivity index (χ4v) is 9.26. The number of esters is 1. The van der Waals surface area contributed by atoms with Crippen LogP contribution in [0.25, 0.3) is 0 Å². The van der Waals surface area contributed by atoms with Crippen molar-refractivity contribution in [1.29, 1.82) is 0 Å². The van der Waals surface area contributed by atoms with Gasteiger partial charge in [0.1, 0.15) is 22.8 Å². The quantitative estimate of drug-likeness (QED) is 0.232. The molecule has 3 aliphatic heterocycles. The Morgan fingerprint density at radius 1 is 1.02 bits per heavy atom. The van der Waals surface area contributed by atoms with E-state index in [2.05, 4.69) is 26.1 Å². The molecule has 3 heterocycles. The molecular formula is C34H56BN3O9. The van der Waals surface area contributed by atoms with Crippen LogP contribution in [-0.2, 0) is 33.1 Å². The first kappa shape index (κ1) is 35.8. The monoisotopic (exact) mass is 661 g/mol. The highest BCUT2D eigenvalue weighted by molar-refractivity contribution is 6.45. The number of piperidine rings is 1. The van der Waals surface area contributed by atoms with E-state index in [4.69, 9.17) is 23.5 Å². The van der Waals surface area contributed by atoms with E-state index in [1.165, 1.54) is 18.4 Å². The summed E-state index contributed by atoms with van der Waals surface area (Å²) in [5.74, 6) is -0.146. The van der Waals surface area contributed by atoms with Crippen molar-refractivity contribution >= 4 is 31.2 Å². The van der Waals surface area contributed by atoms with Gasteiger partial charge in [0.2, 0.25) is 5.91 Å². The normalized spacial score (nSPS) is 34.6. The summed E-state index contributed by atoms with van der Waals surface area (Å²) < 4.78 is 29.7. The molecule has 0 aromatic heterocycles. The van der Waals surface area contributed by atoms with E-state index in [0.717, 1.165) is 6.42 Å². The molecule has 2 unspecified atom stereocenters. The molecule has 1 N–H and O–H groups in total. The van der Waals surface area contributed by atoms with E-state index < -0.39 is 52.9 Å². The highest BCUT2D eigenvalue weighted by atomic mass is 16.7. The molecule has 4 bridgehead atoms. The number of likely N-dealkylation sites (tertiary alicyclic amines) is 2. The zero-order valence-electron chi connectivity index (χ0n) is 30.3. The number of nitrogens with zero attached hydrogens (tertiary/aromatic N) is 2. The number of hydrogen-bond acceptors (Lipinski definition) is 9. The molecule has 3 saturated heterocycles. The Bertz CT molecular complexity index is 1260. The maximum Gasteiger partial charge on any atom is 0.457 e. The number of carbonyl (C=O) groups excluding carboxylic acids is 4. The summed E-state index contributed by atoms with van der Waals surface area (Å²) in [6.45, 7) is 19.4. The molecule has 3 amide bonds. The number of nitrogens with one attached hydrogen (secondary N) is 1. The van der Waals surface area contributed by atoms with Gasteiger partial charge in [0.25, 0.3) is 0 Å². The zero-order chi connectivity index (χ0) is 34.9. The van der Waals surface area contributed by atoms with Gasteiger partial charge in [0.15, 0.2) is 0 Å². The van der Waals surface area contributed by atoms with E-state index in [-0.39, 0.29) is 49.7 Å². The van der Waals surface area contributed by atoms with Crippen molar-refractivity contribution in [2.45, 2.75) is 148 Å². The molecule has 8 atom stereocenters. The standard InChI is InChI=1S/C34H56BN3O9/c1-20(36-28(41)44-30(2,3)4)26(39)37-16-14-34(27(40)43-11)22(23(37)19-38(34)29(42)45-31(5,6)7)13-12-15-35-46-25-18-21-17-24(32(21,8)9)33(25,10)47-35/h20-25H,12-19H2,1-11H3,(H,36,41)/t20-,21-,22?,23?,24-,25+,33-,34+/m0/s1. The van der Waals surface area contributed by atoms with Crippen molar-refractivity contribution in [2.75, 3.05) is 20.2 Å². The molecule has 6 rings (SSSR count). The van der Waals surface area contributed by atoms with Gasteiger partial charge in [-0.05, 0) is 105 Å². The lowest BCUT2D eigenvalue weighted by Crippen LogP contribution is -2.65. The summed E-state index contributed by atoms with van der Waals surface area (Å²) in [4.78, 5) is 57.0. The zero-order valence-corrected chi connectivity index (χ0v) is 30.3. The van der Waals surface area contributed by atoms with Crippen LogP contribution in [0.4, 0.5) is 9.59 Å². The van der Waals surface area contributed by atoms with E-state index in [9.17, 15) is 19.2 Å². The Morgan fingerprint density at radius 2 is 1.68 bits per heavy atom. The number of methoxy groups -OCH3 is 1. The fraction of sp³-hybridized carbons (Fsp3) is 0.882. The van der Waals surface area contributed by atoms with Crippen LogP contribution in [0.2, 0.25) is 6.32 Å². The minimum Gasteiger partial charge on any atom is -0.467 e. The first-order chi connectivity index (χ1) is 21.6. The molecule has 6 fully saturated rings. The first-order valence-corrected chi connectivity index (χ1v) is 17.4. The van der Waals surface area contributed by atoms with Gasteiger partial charge in [-0.3, -0.25) is 9.69 Å². The summed E-state index contributed by atoms with van der Waals surface area (Å²) in [7, 11) is 0.974. The van der Waals surface area contributed by atoms with Gasteiger partial charge in [0.05, 0.1) is 24.9 Å². The molecule has 47 heavy (non-hydrogen) atoms. The first-order valence-electron chi connectivity index (χ1n) is 17.4. The largest absolute Gasteiger partial charge is 0.467 e. The lowest BCUT2D eigenvalue weighted by atomic mass is 9.43. The number of amides is 3. The van der Waals surface area contributed by atoms with Gasteiger partial charge in [0, 0.05) is 19.0 Å². The third-order valence-electron chi connectivity index (χ3n) is 11.6. The third kappa shape index (κ3) is 6.35. The molecule has 12 nitrogen and oxygen atoms in total. The third-order valence-corrected chi connectivity index (χ3v) is 11.6. The number of ether oxygens (including phenoxy) is 3. The summed E-state index contributed by atoms with van der Waals surface area (Å²) in [6.07, 6.45) is 2.93. The predicted octanol–water partition coefficient (Wildman–Crippen LogP) is 4.79. The fourth-order valence-electron chi connectivity index (χ4n) is 9.26. The molecule has 3 saturated carbocycles. The van der Waals surface area contributed by atoms with Crippen LogP contribution in [0.5, 0.6) is 0 Å². The average Bonchev–Trinajstić information content (AvgIpc) is 3.38. The summed E-state index contributed by atoms with van der Waals surface area (Å²) >= 11 is 0. The smallest absolute Gasteiger partial charge is 0.457 e. The predicted molar refractivity (Wildman–Crippen MR) is 174 cm³/mol. The topological polar surface area (TPSA) is 133 Å². The molecule has 0 aromatic carbocycles. The van der Waals surface area contributed by atoms with E-state index in [1.54, 1.807) is 53.4 Å². The van der Waals surface area contributed by atoms with E-state index in [0.29, 0.717) is 31.0 Å². The summed E-state index contributed by atoms with van der Waals surface area (Å²) in [5.41, 5.74) is -2.88. The molecule has 6 aliphatic rings. The van der Waals surface area contributed by atoms with Crippen LogP contribution in [0, 0.1) is 23.2 Å². The molecule has 3 aliphatic carbocycles. The average molecular weight is 662 g/mol. The van der Waals surface area contributed by atoms with E-state index in [1.807, 2.05) is 0 Å². The van der Waals surface area contributed by atoms with Crippen LogP contribution in [0.3, 0.4) is 0 Å². The Morgan fingerprint density at radius 3 is 2.28 bits per heavy atom. The Hall–Kier alpha value is -2.54. The SMILES string of the molecule is COC(=O)[C@]12CCN(C(=O)[C@H](C)NC(=O)OC(C)(C)C)C(CN1C(=O)OC(C)(C)C)C2CCCB1O[C@@H]2C[C@@H]3C[C@@H](C3(C)C)[C@]2(C)O1. The lowest BCUT2D eigenvalue weighted by molar-refractivity contribution is -0.199. The Labute approximate surface area is 280 Å².